The number of esters is 1. The maximum atomic E-state index is 15.3. The number of amides is 1. The van der Waals surface area contributed by atoms with Crippen molar-refractivity contribution in [3.05, 3.63) is 86.7 Å². The molecule has 0 spiro atoms. The van der Waals surface area contributed by atoms with Crippen molar-refractivity contribution >= 4 is 62.9 Å². The highest BCUT2D eigenvalue weighted by Crippen LogP contribution is 2.55. The minimum Gasteiger partial charge on any atom is -0.507 e. The fourth-order valence-electron chi connectivity index (χ4n) is 12.9. The number of hydrogen-bond acceptors (Lipinski definition) is 20. The van der Waals surface area contributed by atoms with E-state index in [1.54, 1.807) is 49.4 Å². The molecule has 11 rings (SSSR count). The average molecular weight is 1220 g/mol. The molecule has 4 aromatic rings. The lowest BCUT2D eigenvalue weighted by molar-refractivity contribution is -0.160. The number of nitrogens with zero attached hydrogens (tertiary/aromatic N) is 5. The van der Waals surface area contributed by atoms with Gasteiger partial charge in [-0.15, -0.1) is 0 Å². The molecule has 23 nitrogen and oxygen atoms in total. The average Bonchev–Trinajstić information content (AvgIpc) is 1.72. The molecule has 24 heteroatoms. The maximum absolute atomic E-state index is 15.3. The van der Waals surface area contributed by atoms with Gasteiger partial charge in [0.25, 0.3) is 11.7 Å². The zero-order valence-corrected chi connectivity index (χ0v) is 51.6. The summed E-state index contributed by atoms with van der Waals surface area (Å²) < 4.78 is 46.4. The van der Waals surface area contributed by atoms with Crippen LogP contribution in [0.1, 0.15) is 112 Å². The van der Waals surface area contributed by atoms with Crippen molar-refractivity contribution in [3.8, 4) is 28.7 Å². The molecular weight excluding hydrogens is 1140 g/mol. The van der Waals surface area contributed by atoms with Crippen LogP contribution in [0.2, 0.25) is 0 Å². The molecule has 0 radical (unpaired) electrons. The largest absolute Gasteiger partial charge is 0.507 e. The molecule has 1 aromatic heterocycles. The summed E-state index contributed by atoms with van der Waals surface area (Å²) in [6.45, 7) is 17.5. The van der Waals surface area contributed by atoms with E-state index in [2.05, 4.69) is 20.6 Å². The number of piperidine rings is 1. The van der Waals surface area contributed by atoms with Gasteiger partial charge in [0.05, 0.1) is 71.0 Å². The molecule has 11 atom stereocenters. The zero-order valence-electron chi connectivity index (χ0n) is 51.6. The first kappa shape index (κ1) is 64.7. The fourth-order valence-corrected chi connectivity index (χ4v) is 12.9. The van der Waals surface area contributed by atoms with Crippen molar-refractivity contribution in [2.24, 2.45) is 34.7 Å². The van der Waals surface area contributed by atoms with Crippen molar-refractivity contribution in [1.82, 2.24) is 19.8 Å². The number of aliphatic hydroxyl groups is 2. The number of phenolic OH excluding ortho intramolecular Hbond substituents is 3. The first-order valence-corrected chi connectivity index (χ1v) is 30.0. The number of carboxylic acid groups (broad SMARTS) is 1. The van der Waals surface area contributed by atoms with Crippen molar-refractivity contribution in [2.75, 3.05) is 77.3 Å². The molecule has 7 aliphatic rings. The third-order valence-electron chi connectivity index (χ3n) is 18.4. The van der Waals surface area contributed by atoms with Crippen LogP contribution in [0.25, 0.3) is 21.7 Å². The number of phenols is 3. The SMILES string of the molecule is CO[C@H]1/C=C/O[C@@]2(C)Oc3c(C)c(O)c4c(O)c(c(/C=N/N5CCN(C)CC5)c(O)c4c3C2=O)NC(=O)/C(C)=C\C=C\[C@H](C)[C@H](O)[C@@H](C)[C@@H](O)[C@@H](C)[C@H](OC(C)=O)[C@@H]1C.COc1c(N2C[C@@H]3CCCN[C@@H]3C2)c(F)cc2c(=O)c(C(=O)O)cn(C3CC3)c12. The van der Waals surface area contributed by atoms with Crippen LogP contribution in [-0.2, 0) is 23.8 Å². The Kier molecular flexibility index (Phi) is 19.2. The Morgan fingerprint density at radius 1 is 0.909 bits per heavy atom. The first-order valence-electron chi connectivity index (χ1n) is 30.0. The highest BCUT2D eigenvalue weighted by molar-refractivity contribution is 6.24. The summed E-state index contributed by atoms with van der Waals surface area (Å²) in [5, 5.41) is 79.9. The van der Waals surface area contributed by atoms with E-state index < -0.39 is 106 Å². The molecule has 3 aromatic carbocycles. The van der Waals surface area contributed by atoms with Crippen molar-refractivity contribution in [3.63, 3.8) is 0 Å². The number of anilines is 2. The Morgan fingerprint density at radius 3 is 2.25 bits per heavy atom. The molecule has 0 unspecified atom stereocenters. The molecule has 1 saturated carbocycles. The van der Waals surface area contributed by atoms with Gasteiger partial charge in [-0.05, 0) is 71.2 Å². The maximum Gasteiger partial charge on any atom is 0.341 e. The molecule has 7 heterocycles. The molecule has 4 fully saturated rings. The minimum atomic E-state index is -2.04. The molecule has 476 valence electrons. The second-order valence-corrected chi connectivity index (χ2v) is 24.4. The van der Waals surface area contributed by atoms with Crippen LogP contribution in [0, 0.1) is 42.3 Å². The lowest BCUT2D eigenvalue weighted by Crippen LogP contribution is -2.46. The van der Waals surface area contributed by atoms with Crippen LogP contribution < -0.4 is 30.4 Å². The number of ether oxygens (including phenoxy) is 5. The van der Waals surface area contributed by atoms with Crippen LogP contribution in [0.5, 0.6) is 28.7 Å². The number of aromatic hydroxyl groups is 3. The number of aromatic nitrogens is 1. The number of piperazine rings is 1. The summed E-state index contributed by atoms with van der Waals surface area (Å²) in [6, 6.07) is 1.62. The van der Waals surface area contributed by atoms with Crippen molar-refractivity contribution < 1.29 is 77.9 Å². The number of pyridine rings is 1. The number of Topliss-reactive ketones (excluding diaryl/α,β-unsaturated/α-hetero) is 1. The number of rotatable bonds is 8. The molecule has 8 N–H and O–H groups in total. The number of hydrazone groups is 1. The molecule has 3 saturated heterocycles. The number of nitrogens with one attached hydrogen (secondary N) is 2. The minimum absolute atomic E-state index is 0.0559. The number of fused-ring (bicyclic) bond motifs is 16. The molecule has 88 heavy (non-hydrogen) atoms. The van der Waals surface area contributed by atoms with Gasteiger partial charge in [0, 0.05) is 119 Å². The van der Waals surface area contributed by atoms with Crippen LogP contribution in [0.3, 0.4) is 0 Å². The normalized spacial score (nSPS) is 29.4. The molecule has 5 bridgehead atoms. The number of aliphatic hydroxyl groups excluding tert-OH is 2. The number of halogens is 1. The summed E-state index contributed by atoms with van der Waals surface area (Å²) in [7, 11) is 4.90. The predicted molar refractivity (Wildman–Crippen MR) is 327 cm³/mol. The summed E-state index contributed by atoms with van der Waals surface area (Å²) in [5.41, 5.74) is -0.505. The van der Waals surface area contributed by atoms with Crippen LogP contribution in [-0.4, -0.2) is 178 Å². The number of hydrogen-bond donors (Lipinski definition) is 8. The topological polar surface area (TPSA) is 304 Å². The number of benzene rings is 3. The predicted octanol–water partition coefficient (Wildman–Crippen LogP) is 6.71. The van der Waals surface area contributed by atoms with Gasteiger partial charge in [-0.2, -0.15) is 5.10 Å². The third-order valence-corrected chi connectivity index (χ3v) is 18.4. The number of ketones is 1. The summed E-state index contributed by atoms with van der Waals surface area (Å²) in [4.78, 5) is 69.0. The van der Waals surface area contributed by atoms with Gasteiger partial charge >= 0.3 is 17.7 Å². The van der Waals surface area contributed by atoms with Crippen LogP contribution in [0.4, 0.5) is 15.8 Å². The standard InChI is InChI=1S/C43H58N4O12.C21H24FN3O4/c1-21-12-11-13-22(2)42(55)45-33-28(20-44-47-17-15-46(9)16-18-47)37(52)30-31(38(33)53)36(51)26(6)40-32(30)41(54)43(8,59-40)57-19-14-29(56-10)23(3)39(58-27(7)48)25(5)35(50)24(4)34(21)49;1-29-20-17-13(19(26)14(21(27)28)9-25(17)12-4-5-12)7-15(22)18(20)24-8-11-3-2-6-23-16(11)10-24/h11-14,19-21,23-25,29,34-35,39,49-53H,15-18H2,1-10H3,(H,45,55);7,9,11-12,16,23H,2-6,8,10H2,1H3,(H,27,28)/b12-11+,19-14+,22-13-,44-20+;/t21-,23+,24+,25+,29-,34-,35+,39+,43-;11-,16+/m00/s1. The first-order chi connectivity index (χ1) is 41.7. The molecule has 1 aliphatic carbocycles. The number of carbonyl (C=O) groups excluding carboxylic acids is 3. The van der Waals surface area contributed by atoms with Crippen molar-refractivity contribution in [1.29, 1.82) is 0 Å². The van der Waals surface area contributed by atoms with Gasteiger partial charge in [-0.25, -0.2) is 9.18 Å². The Balaban J connectivity index is 0.000000262. The summed E-state index contributed by atoms with van der Waals surface area (Å²) >= 11 is 0. The molecule has 6 aliphatic heterocycles. The number of carbonyl (C=O) groups is 4. The van der Waals surface area contributed by atoms with E-state index in [4.69, 9.17) is 23.7 Å². The van der Waals surface area contributed by atoms with E-state index in [1.165, 1.54) is 78.8 Å². The smallest absolute Gasteiger partial charge is 0.341 e. The van der Waals surface area contributed by atoms with E-state index in [1.807, 2.05) is 11.9 Å². The summed E-state index contributed by atoms with van der Waals surface area (Å²) in [6.07, 6.45) is 10.3. The lowest BCUT2D eigenvalue weighted by Gasteiger charge is -2.38. The Hall–Kier alpha value is -7.77. The third kappa shape index (κ3) is 12.5. The van der Waals surface area contributed by atoms with E-state index >= 15 is 4.39 Å². The lowest BCUT2D eigenvalue weighted by atomic mass is 9.78. The second-order valence-electron chi connectivity index (χ2n) is 24.4. The van der Waals surface area contributed by atoms with E-state index in [-0.39, 0.29) is 61.5 Å². The van der Waals surface area contributed by atoms with Gasteiger partial charge in [-0.1, -0.05) is 45.9 Å². The number of aromatic carboxylic acids is 1. The number of carboxylic acids is 1. The van der Waals surface area contributed by atoms with Crippen molar-refractivity contribution in [2.45, 2.75) is 123 Å². The quantitative estimate of drug-likeness (QED) is 0.0394. The fraction of sp³-hybridized carbons (Fsp3) is 0.531. The molecular formula is C64H82FN7O16. The van der Waals surface area contributed by atoms with Gasteiger partial charge in [-0.3, -0.25) is 24.2 Å². The number of allylic oxidation sites excluding steroid dienone is 2. The molecule has 1 amide bonds. The van der Waals surface area contributed by atoms with E-state index in [9.17, 15) is 54.6 Å². The Labute approximate surface area is 509 Å². The highest BCUT2D eigenvalue weighted by Gasteiger charge is 2.50. The van der Waals surface area contributed by atoms with Crippen LogP contribution in [0.15, 0.2) is 58.3 Å². The Morgan fingerprint density at radius 2 is 1.61 bits per heavy atom. The van der Waals surface area contributed by atoms with Gasteiger partial charge in [0.1, 0.15) is 34.6 Å². The monoisotopic (exact) mass is 1220 g/mol. The number of methoxy groups -OCH3 is 2. The zero-order chi connectivity index (χ0) is 64.0. The van der Waals surface area contributed by atoms with Gasteiger partial charge in [0.15, 0.2) is 17.3 Å². The highest BCUT2D eigenvalue weighted by atomic mass is 19.1. The summed E-state index contributed by atoms with van der Waals surface area (Å²) in [5.74, 6) is -9.41. The van der Waals surface area contributed by atoms with Crippen LogP contribution >= 0.6 is 0 Å². The van der Waals surface area contributed by atoms with Gasteiger partial charge < -0.3 is 79.3 Å². The Bertz CT molecular complexity index is 3560. The van der Waals surface area contributed by atoms with E-state index in [0.29, 0.717) is 48.5 Å². The van der Waals surface area contributed by atoms with E-state index in [0.717, 1.165) is 51.9 Å². The van der Waals surface area contributed by atoms with Gasteiger partial charge in [0.2, 0.25) is 5.43 Å². The second kappa shape index (κ2) is 26.1. The number of likely N-dealkylation sites (N-methyl/N-ethyl adjacent to an activating group) is 1.